The van der Waals surface area contributed by atoms with Crippen molar-refractivity contribution in [2.45, 2.75) is 45.3 Å². The largest absolute Gasteiger partial charge is 0.314 e. The second-order valence-electron chi connectivity index (χ2n) is 4.01. The number of ketones is 1. The molecule has 8 nitrogen and oxygen atoms in total. The molecular formula is C10H15NO7. The van der Waals surface area contributed by atoms with Crippen molar-refractivity contribution in [1.82, 2.24) is 0 Å². The quantitative estimate of drug-likeness (QED) is 0.212. The third-order valence-electron chi connectivity index (χ3n) is 2.58. The van der Waals surface area contributed by atoms with Crippen molar-refractivity contribution < 1.29 is 29.3 Å². The highest BCUT2D eigenvalue weighted by molar-refractivity contribution is 6.03. The second kappa shape index (κ2) is 5.87. The minimum Gasteiger partial charge on any atom is -0.292 e. The molecule has 102 valence electrons. The highest BCUT2D eigenvalue weighted by Crippen LogP contribution is 2.38. The summed E-state index contributed by atoms with van der Waals surface area (Å²) in [5, 5.41) is 8.90. The van der Waals surface area contributed by atoms with Crippen molar-refractivity contribution in [2.75, 3.05) is 0 Å². The van der Waals surface area contributed by atoms with Crippen LogP contribution in [0.25, 0.3) is 0 Å². The van der Waals surface area contributed by atoms with Crippen LogP contribution in [0.1, 0.15) is 39.5 Å². The molecule has 1 unspecified atom stereocenters. The normalized spacial score (nSPS) is 17.9. The number of hydrogen-bond acceptors (Lipinski definition) is 7. The van der Waals surface area contributed by atoms with Gasteiger partial charge in [0.05, 0.1) is 0 Å². The van der Waals surface area contributed by atoms with Gasteiger partial charge in [-0.3, -0.25) is 9.59 Å². The Morgan fingerprint density at radius 3 is 2.33 bits per heavy atom. The lowest BCUT2D eigenvalue weighted by Gasteiger charge is -2.13. The second-order valence-corrected chi connectivity index (χ2v) is 4.01. The van der Waals surface area contributed by atoms with Crippen LogP contribution in [0, 0.1) is 16.0 Å². The number of hydrogen-bond donors (Lipinski definition) is 0. The van der Waals surface area contributed by atoms with Crippen LogP contribution < -0.4 is 0 Å². The van der Waals surface area contributed by atoms with E-state index in [-0.39, 0.29) is 6.42 Å². The molecule has 0 aromatic carbocycles. The van der Waals surface area contributed by atoms with Crippen molar-refractivity contribution in [3.05, 3.63) is 10.1 Å². The highest BCUT2D eigenvalue weighted by atomic mass is 17.4. The summed E-state index contributed by atoms with van der Waals surface area (Å²) in [4.78, 5) is 46.8. The first-order chi connectivity index (χ1) is 8.46. The maximum Gasteiger partial charge on any atom is 0.314 e. The van der Waals surface area contributed by atoms with Crippen LogP contribution in [0.5, 0.6) is 0 Å². The molecule has 0 saturated carbocycles. The van der Waals surface area contributed by atoms with E-state index in [1.807, 2.05) is 6.92 Å². The van der Waals surface area contributed by atoms with E-state index in [1.54, 1.807) is 6.92 Å². The molecule has 0 bridgehead atoms. The molecule has 1 atom stereocenters. The number of rotatable bonds is 8. The summed E-state index contributed by atoms with van der Waals surface area (Å²) in [6.45, 7) is 3.57. The summed E-state index contributed by atoms with van der Waals surface area (Å²) >= 11 is 0. The predicted octanol–water partition coefficient (Wildman–Crippen LogP) is 1.16. The van der Waals surface area contributed by atoms with Gasteiger partial charge < -0.3 is 0 Å². The van der Waals surface area contributed by atoms with E-state index < -0.39 is 28.5 Å². The molecule has 0 aromatic heterocycles. The fraction of sp³-hybridized carbons (Fsp3) is 0.800. The van der Waals surface area contributed by atoms with Crippen LogP contribution >= 0.6 is 0 Å². The SMILES string of the molecule is CCCC(C(=O)O[N+](=O)[O-])C(=O)C1(CCC)OO1. The standard InChI is InChI=1S/C10H15NO7/c1-3-5-7(9(13)16-11(14)15)8(12)10(6-4-2)17-18-10/h7H,3-6H2,1-2H3. The zero-order valence-corrected chi connectivity index (χ0v) is 10.2. The Morgan fingerprint density at radius 1 is 1.33 bits per heavy atom. The van der Waals surface area contributed by atoms with Crippen molar-refractivity contribution >= 4 is 11.8 Å². The first-order valence-corrected chi connectivity index (χ1v) is 5.74. The number of nitrogens with zero attached hydrogens (tertiary/aromatic N) is 1. The first kappa shape index (κ1) is 14.5. The van der Waals surface area contributed by atoms with E-state index in [9.17, 15) is 19.7 Å². The topological polar surface area (TPSA) is 112 Å². The van der Waals surface area contributed by atoms with E-state index in [4.69, 9.17) is 0 Å². The number of carbonyl (C=O) groups excluding carboxylic acids is 2. The maximum absolute atomic E-state index is 12.1. The summed E-state index contributed by atoms with van der Waals surface area (Å²) < 4.78 is 0. The molecule has 1 aliphatic heterocycles. The van der Waals surface area contributed by atoms with Crippen molar-refractivity contribution in [2.24, 2.45) is 5.92 Å². The fourth-order valence-electron chi connectivity index (χ4n) is 1.72. The Bertz CT molecular complexity index is 350. The monoisotopic (exact) mass is 261 g/mol. The molecule has 18 heavy (non-hydrogen) atoms. The zero-order valence-electron chi connectivity index (χ0n) is 10.2. The van der Waals surface area contributed by atoms with Gasteiger partial charge in [0.15, 0.2) is 0 Å². The summed E-state index contributed by atoms with van der Waals surface area (Å²) in [5.41, 5.74) is 0. The lowest BCUT2D eigenvalue weighted by molar-refractivity contribution is -0.730. The van der Waals surface area contributed by atoms with Gasteiger partial charge >= 0.3 is 11.1 Å². The molecule has 1 saturated heterocycles. The molecule has 0 N–H and O–H groups in total. The van der Waals surface area contributed by atoms with Gasteiger partial charge in [0.25, 0.3) is 5.79 Å². The Kier molecular flexibility index (Phi) is 4.74. The van der Waals surface area contributed by atoms with Gasteiger partial charge in [-0.2, -0.15) is 9.78 Å². The molecule has 0 aromatic rings. The molecule has 1 rings (SSSR count). The lowest BCUT2D eigenvalue weighted by Crippen LogP contribution is -2.37. The molecule has 0 radical (unpaired) electrons. The van der Waals surface area contributed by atoms with Gasteiger partial charge in [0.2, 0.25) is 5.78 Å². The molecule has 1 heterocycles. The average Bonchev–Trinajstić information content (AvgIpc) is 3.05. The molecular weight excluding hydrogens is 246 g/mol. The molecule has 8 heteroatoms. The molecule has 1 fully saturated rings. The molecule has 0 spiro atoms. The van der Waals surface area contributed by atoms with E-state index in [0.717, 1.165) is 0 Å². The fourth-order valence-corrected chi connectivity index (χ4v) is 1.72. The summed E-state index contributed by atoms with van der Waals surface area (Å²) in [5.74, 6) is -4.43. The van der Waals surface area contributed by atoms with E-state index in [2.05, 4.69) is 14.6 Å². The Balaban J connectivity index is 2.75. The summed E-state index contributed by atoms with van der Waals surface area (Å²) in [6.07, 6.45) is 1.59. The number of carbonyl (C=O) groups is 2. The van der Waals surface area contributed by atoms with Gasteiger partial charge in [-0.05, 0) is 6.42 Å². The molecule has 1 aliphatic rings. The third kappa shape index (κ3) is 3.23. The Morgan fingerprint density at radius 2 is 1.94 bits per heavy atom. The van der Waals surface area contributed by atoms with Crippen LogP contribution in [0.2, 0.25) is 0 Å². The Hall–Kier alpha value is -1.54. The predicted molar refractivity (Wildman–Crippen MR) is 56.3 cm³/mol. The first-order valence-electron chi connectivity index (χ1n) is 5.74. The van der Waals surface area contributed by atoms with E-state index in [1.165, 1.54) is 0 Å². The maximum atomic E-state index is 12.1. The van der Waals surface area contributed by atoms with Crippen LogP contribution in [0.4, 0.5) is 0 Å². The van der Waals surface area contributed by atoms with Gasteiger partial charge in [0.1, 0.15) is 5.92 Å². The van der Waals surface area contributed by atoms with Crippen molar-refractivity contribution in [3.63, 3.8) is 0 Å². The highest BCUT2D eigenvalue weighted by Gasteiger charge is 2.58. The Labute approximate surface area is 103 Å². The third-order valence-corrected chi connectivity index (χ3v) is 2.58. The summed E-state index contributed by atoms with van der Waals surface area (Å²) in [7, 11) is 0. The smallest absolute Gasteiger partial charge is 0.292 e. The van der Waals surface area contributed by atoms with Crippen LogP contribution in [-0.4, -0.2) is 22.6 Å². The van der Waals surface area contributed by atoms with E-state index in [0.29, 0.717) is 19.3 Å². The van der Waals surface area contributed by atoms with Crippen molar-refractivity contribution in [1.29, 1.82) is 0 Å². The van der Waals surface area contributed by atoms with Crippen molar-refractivity contribution in [3.8, 4) is 0 Å². The average molecular weight is 261 g/mol. The van der Waals surface area contributed by atoms with Gasteiger partial charge in [-0.15, -0.1) is 10.1 Å². The molecule has 0 aliphatic carbocycles. The van der Waals surface area contributed by atoms with Crippen LogP contribution in [-0.2, 0) is 24.2 Å². The summed E-state index contributed by atoms with van der Waals surface area (Å²) in [6, 6.07) is 0. The molecule has 0 amide bonds. The van der Waals surface area contributed by atoms with Gasteiger partial charge in [-0.1, -0.05) is 26.7 Å². The van der Waals surface area contributed by atoms with Gasteiger partial charge in [0, 0.05) is 6.42 Å². The minimum absolute atomic E-state index is 0.156. The lowest BCUT2D eigenvalue weighted by atomic mass is 9.91. The minimum atomic E-state index is -1.41. The zero-order chi connectivity index (χ0) is 13.8. The van der Waals surface area contributed by atoms with E-state index >= 15 is 0 Å². The van der Waals surface area contributed by atoms with Crippen LogP contribution in [0.3, 0.4) is 0 Å². The number of Topliss-reactive ketones (excluding diaryl/α,β-unsaturated/α-hetero) is 1. The van der Waals surface area contributed by atoms with Crippen LogP contribution in [0.15, 0.2) is 0 Å². The van der Waals surface area contributed by atoms with Gasteiger partial charge in [-0.25, -0.2) is 4.84 Å².